The number of benzene rings is 1. The van der Waals surface area contributed by atoms with Crippen LogP contribution in [0.3, 0.4) is 0 Å². The molecule has 1 aromatic rings. The van der Waals surface area contributed by atoms with Crippen LogP contribution in [0, 0.1) is 10.1 Å². The number of nitro benzene ring substituents is 1. The van der Waals surface area contributed by atoms with E-state index in [2.05, 4.69) is 4.90 Å². The lowest BCUT2D eigenvalue weighted by atomic mass is 10.1. The highest BCUT2D eigenvalue weighted by molar-refractivity contribution is 5.85. The lowest BCUT2D eigenvalue weighted by Gasteiger charge is -2.25. The van der Waals surface area contributed by atoms with Gasteiger partial charge in [0.1, 0.15) is 0 Å². The van der Waals surface area contributed by atoms with E-state index >= 15 is 0 Å². The Morgan fingerprint density at radius 1 is 1.38 bits per heavy atom. The third-order valence-corrected chi connectivity index (χ3v) is 4.38. The van der Waals surface area contributed by atoms with Crippen molar-refractivity contribution in [3.8, 4) is 0 Å². The maximum Gasteiger partial charge on any atom is 0.317 e. The van der Waals surface area contributed by atoms with Gasteiger partial charge in [-0.05, 0) is 39.4 Å². The van der Waals surface area contributed by atoms with Crippen LogP contribution in [-0.2, 0) is 11.3 Å². The van der Waals surface area contributed by atoms with Gasteiger partial charge in [-0.1, -0.05) is 18.2 Å². The number of carbonyl (C=O) groups is 1. The number of nitrogens with zero attached hydrogens (tertiary/aromatic N) is 3. The molecule has 0 saturated carbocycles. The Morgan fingerprint density at radius 3 is 2.75 bits per heavy atom. The fraction of sp³-hybridized carbons (Fsp3) is 0.562. The summed E-state index contributed by atoms with van der Waals surface area (Å²) in [7, 11) is 1.84. The molecule has 1 atom stereocenters. The number of aliphatic carboxylic acids is 1. The van der Waals surface area contributed by atoms with Gasteiger partial charge in [0.25, 0.3) is 5.69 Å². The number of hydrogen-bond donors (Lipinski definition) is 1. The third kappa shape index (κ3) is 5.74. The fourth-order valence-electron chi connectivity index (χ4n) is 3.14. The number of halogens is 1. The standard InChI is InChI=1S/C16H23N3O4.ClH/c1-17(12-16(20)21)14-6-4-9-18(10-8-14)11-13-5-2-3-7-15(13)19(22)23;/h2-3,5,7,14H,4,6,8-12H2,1H3,(H,20,21);1H. The van der Waals surface area contributed by atoms with E-state index in [1.165, 1.54) is 6.07 Å². The molecule has 134 valence electrons. The summed E-state index contributed by atoms with van der Waals surface area (Å²) in [6.45, 7) is 2.31. The molecule has 1 heterocycles. The van der Waals surface area contributed by atoms with Gasteiger partial charge in [-0.25, -0.2) is 0 Å². The Hall–Kier alpha value is -1.70. The summed E-state index contributed by atoms with van der Waals surface area (Å²) in [5.74, 6) is -0.812. The second-order valence-corrected chi connectivity index (χ2v) is 6.06. The van der Waals surface area contributed by atoms with Gasteiger partial charge < -0.3 is 5.11 Å². The highest BCUT2D eigenvalue weighted by Gasteiger charge is 2.23. The summed E-state index contributed by atoms with van der Waals surface area (Å²) in [5, 5.41) is 20.0. The molecule has 1 fully saturated rings. The molecule has 8 heteroatoms. The van der Waals surface area contributed by atoms with E-state index in [0.29, 0.717) is 6.54 Å². The Kier molecular flexibility index (Phi) is 8.10. The van der Waals surface area contributed by atoms with Crippen LogP contribution in [0.1, 0.15) is 24.8 Å². The molecule has 0 radical (unpaired) electrons. The van der Waals surface area contributed by atoms with Crippen LogP contribution >= 0.6 is 12.4 Å². The van der Waals surface area contributed by atoms with Gasteiger partial charge in [0, 0.05) is 24.2 Å². The van der Waals surface area contributed by atoms with E-state index in [0.717, 1.165) is 37.9 Å². The minimum atomic E-state index is -0.812. The zero-order valence-corrected chi connectivity index (χ0v) is 14.6. The minimum Gasteiger partial charge on any atom is -0.480 e. The van der Waals surface area contributed by atoms with Crippen molar-refractivity contribution in [3.05, 3.63) is 39.9 Å². The van der Waals surface area contributed by atoms with Crippen molar-refractivity contribution in [3.63, 3.8) is 0 Å². The molecule has 0 aromatic heterocycles. The van der Waals surface area contributed by atoms with E-state index in [1.807, 2.05) is 18.0 Å². The summed E-state index contributed by atoms with van der Waals surface area (Å²) >= 11 is 0. The number of carboxylic acids is 1. The molecule has 1 unspecified atom stereocenters. The van der Waals surface area contributed by atoms with Gasteiger partial charge in [-0.3, -0.25) is 24.7 Å². The lowest BCUT2D eigenvalue weighted by Crippen LogP contribution is -2.36. The molecule has 0 amide bonds. The number of hydrogen-bond acceptors (Lipinski definition) is 5. The van der Waals surface area contributed by atoms with Gasteiger partial charge in [0.05, 0.1) is 11.5 Å². The van der Waals surface area contributed by atoms with E-state index in [9.17, 15) is 14.9 Å². The normalized spacial score (nSPS) is 18.7. The van der Waals surface area contributed by atoms with Gasteiger partial charge in [0.2, 0.25) is 0 Å². The van der Waals surface area contributed by atoms with E-state index < -0.39 is 5.97 Å². The number of likely N-dealkylation sites (N-methyl/N-ethyl adjacent to an activating group) is 1. The molecule has 0 bridgehead atoms. The van der Waals surface area contributed by atoms with E-state index in [-0.39, 0.29) is 35.6 Å². The van der Waals surface area contributed by atoms with Crippen LogP contribution in [0.2, 0.25) is 0 Å². The van der Waals surface area contributed by atoms with Gasteiger partial charge in [0.15, 0.2) is 0 Å². The summed E-state index contributed by atoms with van der Waals surface area (Å²) in [4.78, 5) is 25.7. The molecule has 2 rings (SSSR count). The van der Waals surface area contributed by atoms with Gasteiger partial charge in [-0.2, -0.15) is 0 Å². The van der Waals surface area contributed by atoms with Gasteiger partial charge >= 0.3 is 5.97 Å². The first kappa shape index (κ1) is 20.3. The average Bonchev–Trinajstić information content (AvgIpc) is 2.72. The first-order valence-electron chi connectivity index (χ1n) is 7.84. The third-order valence-electron chi connectivity index (χ3n) is 4.38. The molecule has 0 spiro atoms. The Balaban J connectivity index is 0.00000288. The number of carboxylic acid groups (broad SMARTS) is 1. The molecule has 0 aliphatic carbocycles. The number of likely N-dealkylation sites (tertiary alicyclic amines) is 1. The average molecular weight is 358 g/mol. The van der Waals surface area contributed by atoms with Crippen LogP contribution in [0.25, 0.3) is 0 Å². The van der Waals surface area contributed by atoms with Crippen molar-refractivity contribution in [2.45, 2.75) is 31.8 Å². The maximum absolute atomic E-state index is 11.1. The minimum absolute atomic E-state index is 0. The summed E-state index contributed by atoms with van der Waals surface area (Å²) in [6.07, 6.45) is 2.80. The molecule has 1 N–H and O–H groups in total. The fourth-order valence-corrected chi connectivity index (χ4v) is 3.14. The molecule has 1 aromatic carbocycles. The maximum atomic E-state index is 11.1. The summed E-state index contributed by atoms with van der Waals surface area (Å²) in [5.41, 5.74) is 0.895. The Bertz CT molecular complexity index is 570. The van der Waals surface area contributed by atoms with Gasteiger partial charge in [-0.15, -0.1) is 12.4 Å². The molecule has 1 saturated heterocycles. The molecule has 24 heavy (non-hydrogen) atoms. The first-order valence-corrected chi connectivity index (χ1v) is 7.84. The molecule has 7 nitrogen and oxygen atoms in total. The van der Waals surface area contributed by atoms with Crippen molar-refractivity contribution in [1.29, 1.82) is 0 Å². The van der Waals surface area contributed by atoms with Crippen LogP contribution in [0.5, 0.6) is 0 Å². The van der Waals surface area contributed by atoms with E-state index in [1.54, 1.807) is 12.1 Å². The molecule has 1 aliphatic heterocycles. The first-order chi connectivity index (χ1) is 11.0. The highest BCUT2D eigenvalue weighted by atomic mass is 35.5. The molecular weight excluding hydrogens is 334 g/mol. The van der Waals surface area contributed by atoms with Crippen molar-refractivity contribution in [2.75, 3.05) is 26.7 Å². The lowest BCUT2D eigenvalue weighted by molar-refractivity contribution is -0.385. The zero-order chi connectivity index (χ0) is 16.8. The monoisotopic (exact) mass is 357 g/mol. The van der Waals surface area contributed by atoms with Crippen LogP contribution < -0.4 is 0 Å². The SMILES string of the molecule is CN(CC(=O)O)C1CCCN(Cc2ccccc2[N+](=O)[O-])CC1.Cl. The van der Waals surface area contributed by atoms with Crippen LogP contribution in [0.4, 0.5) is 5.69 Å². The number of para-hydroxylation sites is 1. The Labute approximate surface area is 147 Å². The predicted molar refractivity (Wildman–Crippen MR) is 93.5 cm³/mol. The zero-order valence-electron chi connectivity index (χ0n) is 13.8. The van der Waals surface area contributed by atoms with E-state index in [4.69, 9.17) is 5.11 Å². The van der Waals surface area contributed by atoms with Crippen LogP contribution in [-0.4, -0.2) is 58.5 Å². The molecule has 1 aliphatic rings. The number of rotatable bonds is 6. The predicted octanol–water partition coefficient (Wildman–Crippen LogP) is 2.39. The van der Waals surface area contributed by atoms with Crippen molar-refractivity contribution in [1.82, 2.24) is 9.80 Å². The quantitative estimate of drug-likeness (QED) is 0.621. The second-order valence-electron chi connectivity index (χ2n) is 6.06. The second kappa shape index (κ2) is 9.56. The topological polar surface area (TPSA) is 86.9 Å². The van der Waals surface area contributed by atoms with Crippen LogP contribution in [0.15, 0.2) is 24.3 Å². The Morgan fingerprint density at radius 2 is 2.08 bits per heavy atom. The summed E-state index contributed by atoms with van der Waals surface area (Å²) in [6, 6.07) is 7.10. The van der Waals surface area contributed by atoms with Crippen molar-refractivity contribution in [2.24, 2.45) is 0 Å². The highest BCUT2D eigenvalue weighted by Crippen LogP contribution is 2.22. The smallest absolute Gasteiger partial charge is 0.317 e. The largest absolute Gasteiger partial charge is 0.480 e. The van der Waals surface area contributed by atoms with Crippen molar-refractivity contribution < 1.29 is 14.8 Å². The summed E-state index contributed by atoms with van der Waals surface area (Å²) < 4.78 is 0. The molecular formula is C16H24ClN3O4. The van der Waals surface area contributed by atoms with Crippen molar-refractivity contribution >= 4 is 24.1 Å². The number of nitro groups is 1.